The normalized spacial score (nSPS) is 15.6. The van der Waals surface area contributed by atoms with E-state index in [-0.39, 0.29) is 4.75 Å². The summed E-state index contributed by atoms with van der Waals surface area (Å²) >= 11 is 3.32. The maximum atomic E-state index is 11.5. The number of hydrogen-bond acceptors (Lipinski definition) is 5. The summed E-state index contributed by atoms with van der Waals surface area (Å²) in [6.07, 6.45) is 5.97. The molecule has 0 saturated heterocycles. The smallest absolute Gasteiger partial charge is 0.136 e. The molecular weight excluding hydrogens is 336 g/mol. The molecule has 0 radical (unpaired) electrons. The second-order valence-corrected chi connectivity index (χ2v) is 8.45. The third-order valence-electron chi connectivity index (χ3n) is 4.42. The molecule has 3 aromatic rings. The number of aldehydes is 1. The Bertz CT molecular complexity index is 950. The minimum Gasteiger partial charge on any atom is -0.302 e. The van der Waals surface area contributed by atoms with Gasteiger partial charge in [0.1, 0.15) is 11.1 Å². The van der Waals surface area contributed by atoms with Crippen LogP contribution in [-0.2, 0) is 4.79 Å². The Morgan fingerprint density at radius 3 is 2.67 bits per heavy atom. The number of carbonyl (C=O) groups excluding carboxylic acids is 1. The Kier molecular flexibility index (Phi) is 3.87. The van der Waals surface area contributed by atoms with E-state index in [1.807, 2.05) is 36.5 Å². The van der Waals surface area contributed by atoms with E-state index in [1.54, 1.807) is 23.1 Å². The van der Waals surface area contributed by atoms with Crippen molar-refractivity contribution in [3.8, 4) is 16.5 Å². The van der Waals surface area contributed by atoms with Gasteiger partial charge < -0.3 is 4.79 Å². The van der Waals surface area contributed by atoms with Gasteiger partial charge >= 0.3 is 0 Å². The monoisotopic (exact) mass is 350 g/mol. The zero-order valence-corrected chi connectivity index (χ0v) is 14.5. The first-order chi connectivity index (χ1) is 11.7. The molecule has 1 saturated carbocycles. The van der Waals surface area contributed by atoms with E-state index in [0.717, 1.165) is 51.1 Å². The quantitative estimate of drug-likeness (QED) is 0.618. The first-order valence-electron chi connectivity index (χ1n) is 7.77. The van der Waals surface area contributed by atoms with E-state index in [9.17, 15) is 4.79 Å². The number of fused-ring (bicyclic) bond motifs is 1. The molecule has 1 aliphatic rings. The molecule has 0 atom stereocenters. The number of thioether (sulfide) groups is 1. The second kappa shape index (κ2) is 6.04. The fourth-order valence-electron chi connectivity index (χ4n) is 2.84. The molecule has 1 aliphatic carbocycles. The Labute approximate surface area is 148 Å². The highest BCUT2D eigenvalue weighted by Gasteiger charge is 2.38. The number of nitrogens with zero attached hydrogens (tertiary/aromatic N) is 2. The third-order valence-corrected chi connectivity index (χ3v) is 7.00. The van der Waals surface area contributed by atoms with Crippen LogP contribution in [0.2, 0.25) is 0 Å². The van der Waals surface area contributed by atoms with Crippen LogP contribution in [0.3, 0.4) is 0 Å². The van der Waals surface area contributed by atoms with Crippen molar-refractivity contribution >= 4 is 39.6 Å². The predicted molar refractivity (Wildman–Crippen MR) is 98.3 cm³/mol. The number of thiophene rings is 1. The number of hydrogen-bond donors (Lipinski definition) is 0. The molecule has 1 aromatic carbocycles. The SMILES string of the molecule is N#Cc1ccc(-c2cc3c(SC4(C=O)CCC4)ccnc3s2)cc1. The van der Waals surface area contributed by atoms with E-state index in [0.29, 0.717) is 5.56 Å². The molecule has 24 heavy (non-hydrogen) atoms. The van der Waals surface area contributed by atoms with Gasteiger partial charge in [-0.1, -0.05) is 12.1 Å². The van der Waals surface area contributed by atoms with Gasteiger partial charge in [0.15, 0.2) is 0 Å². The van der Waals surface area contributed by atoms with Crippen molar-refractivity contribution in [2.24, 2.45) is 0 Å². The summed E-state index contributed by atoms with van der Waals surface area (Å²) < 4.78 is -0.245. The predicted octanol–water partition coefficient (Wildman–Crippen LogP) is 5.05. The number of aromatic nitrogens is 1. The third kappa shape index (κ3) is 2.62. The first kappa shape index (κ1) is 15.4. The highest BCUT2D eigenvalue weighted by Crippen LogP contribution is 2.48. The lowest BCUT2D eigenvalue weighted by Crippen LogP contribution is -2.34. The molecular formula is C19H14N2OS2. The zero-order chi connectivity index (χ0) is 16.6. The van der Waals surface area contributed by atoms with Gasteiger partial charge in [0.05, 0.1) is 16.4 Å². The van der Waals surface area contributed by atoms with E-state index in [4.69, 9.17) is 5.26 Å². The van der Waals surface area contributed by atoms with Crippen LogP contribution >= 0.6 is 23.1 Å². The summed E-state index contributed by atoms with van der Waals surface area (Å²) in [6, 6.07) is 13.9. The molecule has 0 bridgehead atoms. The maximum absolute atomic E-state index is 11.5. The number of rotatable bonds is 4. The highest BCUT2D eigenvalue weighted by atomic mass is 32.2. The van der Waals surface area contributed by atoms with E-state index >= 15 is 0 Å². The molecule has 2 heterocycles. The summed E-state index contributed by atoms with van der Waals surface area (Å²) in [4.78, 5) is 19.2. The van der Waals surface area contributed by atoms with Gasteiger partial charge in [-0.2, -0.15) is 5.26 Å². The molecule has 1 fully saturated rings. The average molecular weight is 350 g/mol. The molecule has 118 valence electrons. The Balaban J connectivity index is 1.73. The lowest BCUT2D eigenvalue weighted by molar-refractivity contribution is -0.111. The van der Waals surface area contributed by atoms with Crippen LogP contribution in [-0.4, -0.2) is 16.0 Å². The van der Waals surface area contributed by atoms with Crippen LogP contribution in [0.15, 0.2) is 47.5 Å². The molecule has 4 rings (SSSR count). The van der Waals surface area contributed by atoms with Crippen molar-refractivity contribution in [3.05, 3.63) is 48.2 Å². The number of benzene rings is 1. The molecule has 0 spiro atoms. The van der Waals surface area contributed by atoms with Gasteiger partial charge in [0.2, 0.25) is 0 Å². The lowest BCUT2D eigenvalue weighted by atomic mass is 9.86. The molecule has 2 aromatic heterocycles. The van der Waals surface area contributed by atoms with Gasteiger partial charge in [-0.25, -0.2) is 4.98 Å². The van der Waals surface area contributed by atoms with Crippen molar-refractivity contribution in [1.29, 1.82) is 5.26 Å². The van der Waals surface area contributed by atoms with E-state index < -0.39 is 0 Å². The standard InChI is InChI=1S/C19H14N2OS2/c20-11-13-2-4-14(5-3-13)17-10-15-16(6-9-21-18(15)23-17)24-19(12-22)7-1-8-19/h2-6,9-10,12H,1,7-8H2. The lowest BCUT2D eigenvalue weighted by Gasteiger charge is -2.35. The molecule has 0 unspecified atom stereocenters. The summed E-state index contributed by atoms with van der Waals surface area (Å²) in [5.74, 6) is 0. The Morgan fingerprint density at radius 1 is 1.25 bits per heavy atom. The fourth-order valence-corrected chi connectivity index (χ4v) is 5.31. The zero-order valence-electron chi connectivity index (χ0n) is 12.9. The van der Waals surface area contributed by atoms with Gasteiger partial charge in [-0.15, -0.1) is 23.1 Å². The maximum Gasteiger partial charge on any atom is 0.136 e. The molecule has 0 aliphatic heterocycles. The summed E-state index contributed by atoms with van der Waals surface area (Å²) in [5, 5.41) is 10.0. The minimum absolute atomic E-state index is 0.245. The van der Waals surface area contributed by atoms with Crippen molar-refractivity contribution < 1.29 is 4.79 Å². The number of pyridine rings is 1. The molecule has 5 heteroatoms. The molecule has 3 nitrogen and oxygen atoms in total. The molecule has 0 N–H and O–H groups in total. The van der Waals surface area contributed by atoms with Crippen molar-refractivity contribution in [1.82, 2.24) is 4.98 Å². The topological polar surface area (TPSA) is 53.8 Å². The first-order valence-corrected chi connectivity index (χ1v) is 9.41. The second-order valence-electron chi connectivity index (χ2n) is 5.97. The van der Waals surface area contributed by atoms with E-state index in [1.165, 1.54) is 0 Å². The van der Waals surface area contributed by atoms with Crippen molar-refractivity contribution in [3.63, 3.8) is 0 Å². The van der Waals surface area contributed by atoms with Crippen LogP contribution in [0, 0.1) is 11.3 Å². The largest absolute Gasteiger partial charge is 0.302 e. The van der Waals surface area contributed by atoms with Crippen LogP contribution in [0.4, 0.5) is 0 Å². The number of nitriles is 1. The van der Waals surface area contributed by atoms with Gasteiger partial charge in [0, 0.05) is 21.4 Å². The van der Waals surface area contributed by atoms with E-state index in [2.05, 4.69) is 17.1 Å². The summed E-state index contributed by atoms with van der Waals surface area (Å²) in [6.45, 7) is 0. The van der Waals surface area contributed by atoms with Crippen LogP contribution in [0.5, 0.6) is 0 Å². The minimum atomic E-state index is -0.245. The van der Waals surface area contributed by atoms with Crippen LogP contribution < -0.4 is 0 Å². The Morgan fingerprint density at radius 2 is 2.04 bits per heavy atom. The summed E-state index contributed by atoms with van der Waals surface area (Å²) in [5.41, 5.74) is 1.74. The van der Waals surface area contributed by atoms with Gasteiger partial charge in [-0.05, 0) is 49.1 Å². The Hall–Kier alpha value is -2.16. The summed E-state index contributed by atoms with van der Waals surface area (Å²) in [7, 11) is 0. The highest BCUT2D eigenvalue weighted by molar-refractivity contribution is 8.01. The molecule has 0 amide bonds. The van der Waals surface area contributed by atoms with Gasteiger partial charge in [-0.3, -0.25) is 0 Å². The van der Waals surface area contributed by atoms with Crippen LogP contribution in [0.1, 0.15) is 24.8 Å². The van der Waals surface area contributed by atoms with Gasteiger partial charge in [0.25, 0.3) is 0 Å². The number of carbonyl (C=O) groups is 1. The van der Waals surface area contributed by atoms with Crippen molar-refractivity contribution in [2.75, 3.05) is 0 Å². The fraction of sp³-hybridized carbons (Fsp3) is 0.211. The average Bonchev–Trinajstić information content (AvgIpc) is 3.03. The van der Waals surface area contributed by atoms with Crippen LogP contribution in [0.25, 0.3) is 20.7 Å². The van der Waals surface area contributed by atoms with Crippen molar-refractivity contribution in [2.45, 2.75) is 28.9 Å².